The van der Waals surface area contributed by atoms with Gasteiger partial charge in [-0.1, -0.05) is 164 Å². The lowest BCUT2D eigenvalue weighted by atomic mass is 10.0. The van der Waals surface area contributed by atoms with Gasteiger partial charge in [0, 0.05) is 10.8 Å². The van der Waals surface area contributed by atoms with Gasteiger partial charge in [0.25, 0.3) is 0 Å². The van der Waals surface area contributed by atoms with E-state index in [1.165, 1.54) is 31.5 Å². The van der Waals surface area contributed by atoms with Crippen LogP contribution in [0.2, 0.25) is 0 Å². The van der Waals surface area contributed by atoms with E-state index in [9.17, 15) is 0 Å². The third-order valence-corrected chi connectivity index (χ3v) is 13.9. The summed E-state index contributed by atoms with van der Waals surface area (Å²) < 4.78 is 2.25. The molecule has 0 aliphatic heterocycles. The van der Waals surface area contributed by atoms with Crippen molar-refractivity contribution < 1.29 is 0 Å². The second kappa shape index (κ2) is 11.5. The van der Waals surface area contributed by atoms with Crippen molar-refractivity contribution in [1.82, 2.24) is 4.57 Å². The Kier molecular flexibility index (Phi) is 6.91. The van der Waals surface area contributed by atoms with E-state index in [4.69, 9.17) is 6.57 Å². The Morgan fingerprint density at radius 3 is 1.39 bits per heavy atom. The molecule has 0 bridgehead atoms. The molecule has 1 heterocycles. The average molecular weight is 603 g/mol. The fraction of sp³-hybridized carbons (Fsp3) is 0. The smallest absolute Gasteiger partial charge is 0.210 e. The molecule has 0 aliphatic rings. The molecule has 0 unspecified atom stereocenters. The Morgan fingerprint density at radius 1 is 0.413 bits per heavy atom. The Morgan fingerprint density at radius 2 is 0.870 bits per heavy atom. The van der Waals surface area contributed by atoms with Crippen LogP contribution in [0.15, 0.2) is 182 Å². The van der Waals surface area contributed by atoms with E-state index >= 15 is 0 Å². The van der Waals surface area contributed by atoms with Crippen molar-refractivity contribution in [3.05, 3.63) is 193 Å². The van der Waals surface area contributed by atoms with Gasteiger partial charge in [0.2, 0.25) is 5.69 Å². The third-order valence-electron chi connectivity index (χ3n) is 9.17. The molecule has 2 nitrogen and oxygen atoms in total. The van der Waals surface area contributed by atoms with Crippen LogP contribution in [0.1, 0.15) is 0 Å². The van der Waals surface area contributed by atoms with Crippen molar-refractivity contribution in [3.8, 4) is 16.8 Å². The highest BCUT2D eigenvalue weighted by Gasteiger charge is 2.41. The first-order chi connectivity index (χ1) is 22.8. The van der Waals surface area contributed by atoms with Crippen molar-refractivity contribution in [2.75, 3.05) is 0 Å². The predicted octanol–water partition coefficient (Wildman–Crippen LogP) is 8.38. The monoisotopic (exact) mass is 602 g/mol. The number of aromatic nitrogens is 1. The molecule has 0 aliphatic carbocycles. The summed E-state index contributed by atoms with van der Waals surface area (Å²) in [6.45, 7) is 8.10. The van der Waals surface area contributed by atoms with Crippen LogP contribution in [-0.4, -0.2) is 12.6 Å². The van der Waals surface area contributed by atoms with E-state index in [1.807, 2.05) is 6.07 Å². The molecule has 3 heteroatoms. The summed E-state index contributed by atoms with van der Waals surface area (Å²) in [5, 5.41) is 7.73. The van der Waals surface area contributed by atoms with Crippen LogP contribution >= 0.6 is 0 Å². The number of benzene rings is 7. The zero-order valence-corrected chi connectivity index (χ0v) is 26.2. The lowest BCUT2D eigenvalue weighted by Crippen LogP contribution is -2.74. The van der Waals surface area contributed by atoms with Crippen molar-refractivity contribution in [2.24, 2.45) is 0 Å². The lowest BCUT2D eigenvalue weighted by Gasteiger charge is -2.34. The maximum absolute atomic E-state index is 8.10. The van der Waals surface area contributed by atoms with Gasteiger partial charge in [0.15, 0.2) is 8.07 Å². The Balaban J connectivity index is 1.38. The Bertz CT molecular complexity index is 2220. The van der Waals surface area contributed by atoms with Crippen molar-refractivity contribution in [3.63, 3.8) is 0 Å². The fourth-order valence-corrected chi connectivity index (χ4v) is 12.0. The molecule has 46 heavy (non-hydrogen) atoms. The van der Waals surface area contributed by atoms with Crippen LogP contribution in [0.4, 0.5) is 5.69 Å². The first kappa shape index (κ1) is 27.6. The molecule has 0 N–H and O–H groups in total. The maximum atomic E-state index is 8.10. The molecule has 0 fully saturated rings. The van der Waals surface area contributed by atoms with Gasteiger partial charge in [-0.05, 0) is 50.1 Å². The summed E-state index contributed by atoms with van der Waals surface area (Å²) in [7, 11) is -2.67. The highest BCUT2D eigenvalue weighted by atomic mass is 28.3. The van der Waals surface area contributed by atoms with Gasteiger partial charge in [-0.25, -0.2) is 4.85 Å². The molecule has 1 aromatic heterocycles. The molecule has 0 atom stereocenters. The molecule has 216 valence electrons. The van der Waals surface area contributed by atoms with E-state index in [-0.39, 0.29) is 0 Å². The molecular formula is C43H30N2Si. The minimum absolute atomic E-state index is 0.632. The second-order valence-corrected chi connectivity index (χ2v) is 15.4. The van der Waals surface area contributed by atoms with Crippen LogP contribution in [0, 0.1) is 6.57 Å². The highest BCUT2D eigenvalue weighted by Crippen LogP contribution is 2.37. The molecule has 0 saturated carbocycles. The van der Waals surface area contributed by atoms with Crippen LogP contribution in [0.25, 0.3) is 43.5 Å². The summed E-state index contributed by atoms with van der Waals surface area (Å²) in [5.41, 5.74) is 5.95. The summed E-state index contributed by atoms with van der Waals surface area (Å²) in [4.78, 5) is 3.99. The SMILES string of the molecule is [C-]#[N+]c1ccc(-c2cccc([Si](c3ccccc3)(c3ccccc3)c3ccccc3)c2)cc1-n1c2ccccc2c2ccccc21. The van der Waals surface area contributed by atoms with Crippen molar-refractivity contribution in [2.45, 2.75) is 0 Å². The average Bonchev–Trinajstić information content (AvgIpc) is 3.47. The number of para-hydroxylation sites is 2. The highest BCUT2D eigenvalue weighted by molar-refractivity contribution is 7.19. The first-order valence-corrected chi connectivity index (χ1v) is 17.6. The van der Waals surface area contributed by atoms with Crippen molar-refractivity contribution >= 4 is 56.3 Å². The molecule has 0 amide bonds. The quantitative estimate of drug-likeness (QED) is 0.103. The normalized spacial score (nSPS) is 11.5. The Hall–Kier alpha value is -5.95. The second-order valence-electron chi connectivity index (χ2n) is 11.6. The number of fused-ring (bicyclic) bond motifs is 3. The molecule has 0 radical (unpaired) electrons. The standard InChI is InChI=1S/C43H30N2Si/c1-44-40-29-28-33(31-43(40)45-41-26-13-11-24-38(41)39-25-12-14-27-42(39)45)32-16-15-23-37(30-32)46(34-17-5-2-6-18-34,35-19-7-3-8-20-35)36-21-9-4-10-22-36/h2-31H. The van der Waals surface area contributed by atoms with Gasteiger partial charge in [-0.3, -0.25) is 0 Å². The van der Waals surface area contributed by atoms with Gasteiger partial charge in [0.05, 0.1) is 23.3 Å². The van der Waals surface area contributed by atoms with E-state index in [0.717, 1.165) is 27.8 Å². The number of rotatable bonds is 6. The van der Waals surface area contributed by atoms with E-state index in [0.29, 0.717) is 5.69 Å². The number of nitrogens with zero attached hydrogens (tertiary/aromatic N) is 2. The van der Waals surface area contributed by atoms with Crippen LogP contribution < -0.4 is 20.7 Å². The number of hydrogen-bond acceptors (Lipinski definition) is 0. The van der Waals surface area contributed by atoms with Gasteiger partial charge in [0.1, 0.15) is 0 Å². The van der Waals surface area contributed by atoms with E-state index in [1.54, 1.807) is 0 Å². The van der Waals surface area contributed by atoms with Crippen LogP contribution in [0.3, 0.4) is 0 Å². The maximum Gasteiger partial charge on any atom is 0.210 e. The third kappa shape index (κ3) is 4.39. The Labute approximate surface area is 270 Å². The fourth-order valence-electron chi connectivity index (χ4n) is 7.16. The zero-order valence-electron chi connectivity index (χ0n) is 25.2. The van der Waals surface area contributed by atoms with Gasteiger partial charge in [-0.15, -0.1) is 0 Å². The molecular weight excluding hydrogens is 573 g/mol. The molecule has 8 aromatic rings. The van der Waals surface area contributed by atoms with Crippen molar-refractivity contribution in [1.29, 1.82) is 0 Å². The molecule has 7 aromatic carbocycles. The zero-order chi connectivity index (χ0) is 30.9. The molecule has 8 rings (SSSR count). The summed E-state index contributed by atoms with van der Waals surface area (Å²) >= 11 is 0. The lowest BCUT2D eigenvalue weighted by molar-refractivity contribution is 1.19. The van der Waals surface area contributed by atoms with Gasteiger partial charge < -0.3 is 4.57 Å². The topological polar surface area (TPSA) is 9.29 Å². The van der Waals surface area contributed by atoms with Crippen LogP contribution in [0.5, 0.6) is 0 Å². The van der Waals surface area contributed by atoms with Crippen LogP contribution in [-0.2, 0) is 0 Å². The van der Waals surface area contributed by atoms with Gasteiger partial charge in [-0.2, -0.15) is 0 Å². The summed E-state index contributed by atoms with van der Waals surface area (Å²) in [6.07, 6.45) is 0. The predicted molar refractivity (Wildman–Crippen MR) is 196 cm³/mol. The van der Waals surface area contributed by atoms with E-state index in [2.05, 4.69) is 185 Å². The molecule has 0 spiro atoms. The minimum Gasteiger partial charge on any atom is -0.319 e. The number of hydrogen-bond donors (Lipinski definition) is 0. The molecule has 0 saturated heterocycles. The summed E-state index contributed by atoms with van der Waals surface area (Å²) in [5.74, 6) is 0. The first-order valence-electron chi connectivity index (χ1n) is 15.6. The van der Waals surface area contributed by atoms with E-state index < -0.39 is 8.07 Å². The largest absolute Gasteiger partial charge is 0.319 e. The summed E-state index contributed by atoms with van der Waals surface area (Å²) in [6, 6.07) is 65.4. The van der Waals surface area contributed by atoms with Gasteiger partial charge >= 0.3 is 0 Å². The minimum atomic E-state index is -2.67.